The van der Waals surface area contributed by atoms with E-state index in [1.54, 1.807) is 4.90 Å². The van der Waals surface area contributed by atoms with Gasteiger partial charge in [0.15, 0.2) is 9.84 Å². The molecule has 1 atom stereocenters. The molecule has 2 heterocycles. The van der Waals surface area contributed by atoms with Gasteiger partial charge in [0.25, 0.3) is 0 Å². The highest BCUT2D eigenvalue weighted by atomic mass is 32.2. The Morgan fingerprint density at radius 1 is 1.25 bits per heavy atom. The van der Waals surface area contributed by atoms with Crippen molar-refractivity contribution in [3.05, 3.63) is 0 Å². The van der Waals surface area contributed by atoms with Crippen LogP contribution < -0.4 is 0 Å². The van der Waals surface area contributed by atoms with Crippen LogP contribution in [0.4, 0.5) is 0 Å². The summed E-state index contributed by atoms with van der Waals surface area (Å²) in [7, 11) is -2.93. The predicted octanol–water partition coefficient (Wildman–Crippen LogP) is 0.754. The van der Waals surface area contributed by atoms with Crippen molar-refractivity contribution in [3.63, 3.8) is 0 Å². The standard InChI is InChI=1S/C14H26N2O3S/c1-3-16(13-6-9-20(18,19)11-13)14(17)10-15-7-4-12(2)5-8-15/h12-13H,3-11H2,1-2H3. The van der Waals surface area contributed by atoms with Gasteiger partial charge < -0.3 is 4.90 Å². The lowest BCUT2D eigenvalue weighted by Crippen LogP contribution is -2.47. The molecule has 0 aromatic heterocycles. The summed E-state index contributed by atoms with van der Waals surface area (Å²) in [4.78, 5) is 16.4. The predicted molar refractivity (Wildman–Crippen MR) is 79.3 cm³/mol. The Hall–Kier alpha value is -0.620. The Kier molecular flexibility index (Phi) is 5.07. The second-order valence-corrected chi connectivity index (χ2v) is 8.42. The molecule has 1 amide bonds. The normalized spacial score (nSPS) is 27.6. The largest absolute Gasteiger partial charge is 0.338 e. The van der Waals surface area contributed by atoms with Gasteiger partial charge in [0.1, 0.15) is 0 Å². The van der Waals surface area contributed by atoms with Gasteiger partial charge in [0.2, 0.25) is 5.91 Å². The number of carbonyl (C=O) groups excluding carboxylic acids is 1. The number of likely N-dealkylation sites (tertiary alicyclic amines) is 1. The topological polar surface area (TPSA) is 57.7 Å². The molecular weight excluding hydrogens is 276 g/mol. The molecular formula is C14H26N2O3S. The molecule has 0 aromatic carbocycles. The molecule has 6 heteroatoms. The van der Waals surface area contributed by atoms with E-state index in [2.05, 4.69) is 11.8 Å². The Bertz CT molecular complexity index is 441. The third-order valence-corrected chi connectivity index (χ3v) is 6.30. The molecule has 5 nitrogen and oxygen atoms in total. The first-order chi connectivity index (χ1) is 9.41. The Labute approximate surface area is 122 Å². The van der Waals surface area contributed by atoms with Gasteiger partial charge in [0.05, 0.1) is 18.1 Å². The van der Waals surface area contributed by atoms with Crippen molar-refractivity contribution in [1.82, 2.24) is 9.80 Å². The van der Waals surface area contributed by atoms with Crippen LogP contribution in [-0.2, 0) is 14.6 Å². The maximum absolute atomic E-state index is 12.4. The van der Waals surface area contributed by atoms with E-state index in [1.165, 1.54) is 0 Å². The van der Waals surface area contributed by atoms with Gasteiger partial charge in [-0.1, -0.05) is 6.92 Å². The summed E-state index contributed by atoms with van der Waals surface area (Å²) in [5.41, 5.74) is 0. The van der Waals surface area contributed by atoms with Crippen molar-refractivity contribution in [1.29, 1.82) is 0 Å². The van der Waals surface area contributed by atoms with Crippen LogP contribution in [0.1, 0.15) is 33.1 Å². The molecule has 0 saturated carbocycles. The lowest BCUT2D eigenvalue weighted by atomic mass is 9.99. The van der Waals surface area contributed by atoms with Crippen molar-refractivity contribution in [2.45, 2.75) is 39.2 Å². The van der Waals surface area contributed by atoms with Crippen LogP contribution in [0.2, 0.25) is 0 Å². The number of hydrogen-bond donors (Lipinski definition) is 0. The minimum absolute atomic E-state index is 0.0872. The monoisotopic (exact) mass is 302 g/mol. The van der Waals surface area contributed by atoms with Crippen LogP contribution in [0.5, 0.6) is 0 Å². The number of sulfone groups is 1. The Morgan fingerprint density at radius 3 is 2.40 bits per heavy atom. The first-order valence-electron chi connectivity index (χ1n) is 7.63. The van der Waals surface area contributed by atoms with Crippen molar-refractivity contribution in [3.8, 4) is 0 Å². The van der Waals surface area contributed by atoms with Crippen LogP contribution in [0.3, 0.4) is 0 Å². The number of carbonyl (C=O) groups is 1. The summed E-state index contributed by atoms with van der Waals surface area (Å²) in [5, 5.41) is 0. The molecule has 2 rings (SSSR count). The zero-order valence-electron chi connectivity index (χ0n) is 12.5. The van der Waals surface area contributed by atoms with Crippen LogP contribution in [0.25, 0.3) is 0 Å². The van der Waals surface area contributed by atoms with E-state index in [-0.39, 0.29) is 23.5 Å². The molecule has 0 aromatic rings. The minimum Gasteiger partial charge on any atom is -0.338 e. The van der Waals surface area contributed by atoms with Crippen molar-refractivity contribution in [2.75, 3.05) is 37.7 Å². The van der Waals surface area contributed by atoms with Gasteiger partial charge in [-0.05, 0) is 45.2 Å². The van der Waals surface area contributed by atoms with Gasteiger partial charge in [-0.25, -0.2) is 8.42 Å². The van der Waals surface area contributed by atoms with Crippen molar-refractivity contribution < 1.29 is 13.2 Å². The molecule has 20 heavy (non-hydrogen) atoms. The zero-order valence-corrected chi connectivity index (χ0v) is 13.4. The third-order valence-electron chi connectivity index (χ3n) is 4.55. The first-order valence-corrected chi connectivity index (χ1v) is 9.45. The maximum atomic E-state index is 12.4. The smallest absolute Gasteiger partial charge is 0.237 e. The van der Waals surface area contributed by atoms with E-state index in [1.807, 2.05) is 6.92 Å². The molecule has 0 N–H and O–H groups in total. The van der Waals surface area contributed by atoms with E-state index in [9.17, 15) is 13.2 Å². The molecule has 0 aliphatic carbocycles. The first kappa shape index (κ1) is 15.8. The maximum Gasteiger partial charge on any atom is 0.237 e. The molecule has 2 aliphatic rings. The highest BCUT2D eigenvalue weighted by Crippen LogP contribution is 2.19. The SMILES string of the molecule is CCN(C(=O)CN1CCC(C)CC1)C1CCS(=O)(=O)C1. The van der Waals surface area contributed by atoms with Gasteiger partial charge in [-0.15, -0.1) is 0 Å². The lowest BCUT2D eigenvalue weighted by Gasteiger charge is -2.33. The van der Waals surface area contributed by atoms with E-state index in [0.717, 1.165) is 31.8 Å². The van der Waals surface area contributed by atoms with E-state index in [0.29, 0.717) is 19.5 Å². The van der Waals surface area contributed by atoms with Crippen LogP contribution in [-0.4, -0.2) is 67.9 Å². The molecule has 0 bridgehead atoms. The Balaban J connectivity index is 1.89. The number of rotatable bonds is 4. The molecule has 2 aliphatic heterocycles. The van der Waals surface area contributed by atoms with Crippen LogP contribution in [0.15, 0.2) is 0 Å². The van der Waals surface area contributed by atoms with E-state index in [4.69, 9.17) is 0 Å². The quantitative estimate of drug-likeness (QED) is 0.769. The summed E-state index contributed by atoms with van der Waals surface area (Å²) >= 11 is 0. The van der Waals surface area contributed by atoms with Gasteiger partial charge >= 0.3 is 0 Å². The number of piperidine rings is 1. The summed E-state index contributed by atoms with van der Waals surface area (Å²) in [5.74, 6) is 1.21. The molecule has 116 valence electrons. The summed E-state index contributed by atoms with van der Waals surface area (Å²) in [6.07, 6.45) is 2.90. The highest BCUT2D eigenvalue weighted by Gasteiger charge is 2.34. The molecule has 0 spiro atoms. The van der Waals surface area contributed by atoms with Crippen LogP contribution >= 0.6 is 0 Å². The minimum atomic E-state index is -2.93. The average molecular weight is 302 g/mol. The number of likely N-dealkylation sites (N-methyl/N-ethyl adjacent to an activating group) is 1. The number of amides is 1. The summed E-state index contributed by atoms with van der Waals surface area (Å²) < 4.78 is 23.1. The molecule has 0 radical (unpaired) electrons. The van der Waals surface area contributed by atoms with E-state index < -0.39 is 9.84 Å². The fraction of sp³-hybridized carbons (Fsp3) is 0.929. The average Bonchev–Trinajstić information content (AvgIpc) is 2.73. The Morgan fingerprint density at radius 2 is 1.90 bits per heavy atom. The second-order valence-electron chi connectivity index (χ2n) is 6.20. The fourth-order valence-electron chi connectivity index (χ4n) is 3.16. The second kappa shape index (κ2) is 6.43. The van der Waals surface area contributed by atoms with Gasteiger partial charge in [-0.2, -0.15) is 0 Å². The van der Waals surface area contributed by atoms with Crippen LogP contribution in [0, 0.1) is 5.92 Å². The summed E-state index contributed by atoms with van der Waals surface area (Å²) in [6.45, 7) is 7.18. The van der Waals surface area contributed by atoms with Crippen molar-refractivity contribution in [2.24, 2.45) is 5.92 Å². The third kappa shape index (κ3) is 3.95. The molecule has 1 unspecified atom stereocenters. The highest BCUT2D eigenvalue weighted by molar-refractivity contribution is 7.91. The fourth-order valence-corrected chi connectivity index (χ4v) is 4.89. The molecule has 2 saturated heterocycles. The zero-order chi connectivity index (χ0) is 14.8. The van der Waals surface area contributed by atoms with Crippen molar-refractivity contribution >= 4 is 15.7 Å². The molecule has 2 fully saturated rings. The number of hydrogen-bond acceptors (Lipinski definition) is 4. The van der Waals surface area contributed by atoms with Gasteiger partial charge in [-0.3, -0.25) is 9.69 Å². The number of nitrogens with zero attached hydrogens (tertiary/aromatic N) is 2. The van der Waals surface area contributed by atoms with Gasteiger partial charge in [0, 0.05) is 12.6 Å². The lowest BCUT2D eigenvalue weighted by molar-refractivity contribution is -0.134. The van der Waals surface area contributed by atoms with E-state index >= 15 is 0 Å². The summed E-state index contributed by atoms with van der Waals surface area (Å²) in [6, 6.07) is -0.110.